The molecular weight excluding hydrogens is 356 g/mol. The molecular formula is C17H26N4O4S. The van der Waals surface area contributed by atoms with E-state index >= 15 is 0 Å². The molecule has 1 saturated heterocycles. The van der Waals surface area contributed by atoms with Gasteiger partial charge in [-0.3, -0.25) is 14.5 Å². The summed E-state index contributed by atoms with van der Waals surface area (Å²) < 4.78 is 5.30. The Hall–Kier alpha value is -1.58. The Morgan fingerprint density at radius 2 is 2.15 bits per heavy atom. The van der Waals surface area contributed by atoms with Crippen LogP contribution in [-0.2, 0) is 20.9 Å². The number of carbonyl (C=O) groups is 2. The Balaban J connectivity index is 1.53. The fraction of sp³-hybridized carbons (Fsp3) is 0.765. The number of ether oxygens (including phenoxy) is 1. The van der Waals surface area contributed by atoms with Gasteiger partial charge in [-0.2, -0.15) is 0 Å². The van der Waals surface area contributed by atoms with Gasteiger partial charge in [0.05, 0.1) is 11.5 Å². The van der Waals surface area contributed by atoms with E-state index in [0.29, 0.717) is 29.9 Å². The zero-order chi connectivity index (χ0) is 18.6. The number of anilines is 1. The number of rotatable bonds is 7. The summed E-state index contributed by atoms with van der Waals surface area (Å²) in [5.41, 5.74) is -0.802. The van der Waals surface area contributed by atoms with E-state index in [1.807, 2.05) is 6.92 Å². The summed E-state index contributed by atoms with van der Waals surface area (Å²) in [4.78, 5) is 26.3. The Morgan fingerprint density at radius 1 is 1.38 bits per heavy atom. The minimum Gasteiger partial charge on any atom is -0.388 e. The number of nitrogens with one attached hydrogen (secondary N) is 1. The van der Waals surface area contributed by atoms with Crippen molar-refractivity contribution in [1.82, 2.24) is 15.5 Å². The van der Waals surface area contributed by atoms with Gasteiger partial charge in [0.25, 0.3) is 0 Å². The highest BCUT2D eigenvalue weighted by atomic mass is 32.1. The van der Waals surface area contributed by atoms with Crippen LogP contribution in [0.25, 0.3) is 0 Å². The van der Waals surface area contributed by atoms with E-state index < -0.39 is 11.5 Å². The molecule has 9 heteroatoms. The number of amides is 2. The lowest BCUT2D eigenvalue weighted by molar-refractivity contribution is -0.127. The second kappa shape index (κ2) is 8.41. The van der Waals surface area contributed by atoms with E-state index in [9.17, 15) is 14.7 Å². The normalized spacial score (nSPS) is 22.6. The van der Waals surface area contributed by atoms with Gasteiger partial charge in [-0.05, 0) is 19.8 Å². The summed E-state index contributed by atoms with van der Waals surface area (Å²) >= 11 is 1.31. The van der Waals surface area contributed by atoms with Crippen molar-refractivity contribution < 1.29 is 19.4 Å². The van der Waals surface area contributed by atoms with E-state index in [1.165, 1.54) is 16.2 Å². The highest BCUT2D eigenvalue weighted by molar-refractivity contribution is 7.15. The zero-order valence-corrected chi connectivity index (χ0v) is 15.9. The van der Waals surface area contributed by atoms with Crippen LogP contribution in [0.3, 0.4) is 0 Å². The molecule has 2 heterocycles. The lowest BCUT2D eigenvalue weighted by Crippen LogP contribution is -2.46. The van der Waals surface area contributed by atoms with E-state index in [4.69, 9.17) is 4.74 Å². The number of aliphatic hydroxyl groups is 1. The molecule has 2 N–H and O–H groups in total. The van der Waals surface area contributed by atoms with Gasteiger partial charge in [-0.15, -0.1) is 10.2 Å². The molecule has 144 valence electrons. The maximum absolute atomic E-state index is 12.4. The van der Waals surface area contributed by atoms with Crippen molar-refractivity contribution in [3.05, 3.63) is 5.01 Å². The Morgan fingerprint density at radius 3 is 2.88 bits per heavy atom. The third kappa shape index (κ3) is 4.57. The first-order chi connectivity index (χ1) is 12.5. The molecule has 1 unspecified atom stereocenters. The first-order valence-electron chi connectivity index (χ1n) is 9.21. The predicted molar refractivity (Wildman–Crippen MR) is 96.7 cm³/mol. The predicted octanol–water partition coefficient (Wildman–Crippen LogP) is 1.24. The van der Waals surface area contributed by atoms with E-state index in [0.717, 1.165) is 32.1 Å². The molecule has 1 aromatic rings. The van der Waals surface area contributed by atoms with Crippen LogP contribution in [0.4, 0.5) is 5.13 Å². The van der Waals surface area contributed by atoms with Crippen molar-refractivity contribution in [2.75, 3.05) is 24.6 Å². The van der Waals surface area contributed by atoms with Gasteiger partial charge in [0, 0.05) is 26.1 Å². The van der Waals surface area contributed by atoms with Crippen molar-refractivity contribution >= 4 is 28.3 Å². The molecule has 0 bridgehead atoms. The van der Waals surface area contributed by atoms with Crippen LogP contribution in [0.2, 0.25) is 0 Å². The van der Waals surface area contributed by atoms with Crippen LogP contribution in [0, 0.1) is 5.92 Å². The first-order valence-corrected chi connectivity index (χ1v) is 10.0. The fourth-order valence-corrected chi connectivity index (χ4v) is 4.26. The molecule has 3 rings (SSSR count). The number of aromatic nitrogens is 2. The van der Waals surface area contributed by atoms with Gasteiger partial charge in [0.2, 0.25) is 16.9 Å². The maximum Gasteiger partial charge on any atom is 0.229 e. The Kier molecular flexibility index (Phi) is 6.20. The van der Waals surface area contributed by atoms with Crippen molar-refractivity contribution in [3.8, 4) is 0 Å². The molecule has 0 aromatic carbocycles. The van der Waals surface area contributed by atoms with Gasteiger partial charge in [0.1, 0.15) is 11.6 Å². The van der Waals surface area contributed by atoms with Crippen molar-refractivity contribution in [2.24, 2.45) is 5.92 Å². The highest BCUT2D eigenvalue weighted by Crippen LogP contribution is 2.29. The summed E-state index contributed by atoms with van der Waals surface area (Å²) in [5.74, 6) is -0.728. The van der Waals surface area contributed by atoms with E-state index in [2.05, 4.69) is 15.5 Å². The average molecular weight is 382 g/mol. The van der Waals surface area contributed by atoms with Crippen LogP contribution in [0.5, 0.6) is 0 Å². The van der Waals surface area contributed by atoms with Crippen molar-refractivity contribution in [2.45, 2.75) is 57.7 Å². The number of nitrogens with zero attached hydrogens (tertiary/aromatic N) is 3. The fourth-order valence-electron chi connectivity index (χ4n) is 3.45. The number of hydrogen-bond donors (Lipinski definition) is 2. The molecule has 2 fully saturated rings. The molecule has 8 nitrogen and oxygen atoms in total. The second-order valence-electron chi connectivity index (χ2n) is 7.02. The monoisotopic (exact) mass is 382 g/mol. The molecule has 1 aliphatic carbocycles. The zero-order valence-electron chi connectivity index (χ0n) is 15.1. The smallest absolute Gasteiger partial charge is 0.229 e. The highest BCUT2D eigenvalue weighted by Gasteiger charge is 2.38. The van der Waals surface area contributed by atoms with Gasteiger partial charge in [-0.1, -0.05) is 30.6 Å². The quantitative estimate of drug-likeness (QED) is 0.735. The third-order valence-electron chi connectivity index (χ3n) is 4.99. The summed E-state index contributed by atoms with van der Waals surface area (Å²) in [6.45, 7) is 3.42. The molecule has 0 spiro atoms. The molecule has 1 aromatic heterocycles. The molecule has 2 amide bonds. The molecule has 1 aliphatic heterocycles. The van der Waals surface area contributed by atoms with Crippen molar-refractivity contribution in [3.63, 3.8) is 0 Å². The van der Waals surface area contributed by atoms with Gasteiger partial charge in [0.15, 0.2) is 0 Å². The van der Waals surface area contributed by atoms with Gasteiger partial charge >= 0.3 is 0 Å². The second-order valence-corrected chi connectivity index (χ2v) is 8.06. The summed E-state index contributed by atoms with van der Waals surface area (Å²) in [5, 5.41) is 22.6. The summed E-state index contributed by atoms with van der Waals surface area (Å²) in [6.07, 6.45) is 4.71. The maximum atomic E-state index is 12.4. The summed E-state index contributed by atoms with van der Waals surface area (Å²) in [6, 6.07) is 0. The van der Waals surface area contributed by atoms with Gasteiger partial charge in [-0.25, -0.2) is 0 Å². The topological polar surface area (TPSA) is 105 Å². The van der Waals surface area contributed by atoms with Gasteiger partial charge < -0.3 is 15.2 Å². The lowest BCUT2D eigenvalue weighted by atomic mass is 9.85. The van der Waals surface area contributed by atoms with E-state index in [-0.39, 0.29) is 24.8 Å². The largest absolute Gasteiger partial charge is 0.388 e. The Labute approximate surface area is 156 Å². The average Bonchev–Trinajstić information content (AvgIpc) is 3.25. The minimum absolute atomic E-state index is 0.124. The molecule has 0 radical (unpaired) electrons. The SMILES string of the molecule is CCOCc1nnc(N2CC(C(=O)NCC3(O)CCCCC3)CC2=O)s1. The Bertz CT molecular complexity index is 644. The van der Waals surface area contributed by atoms with Crippen LogP contribution in [-0.4, -0.2) is 52.4 Å². The molecule has 2 aliphatic rings. The molecule has 1 atom stereocenters. The standard InChI is InChI=1S/C17H26N4O4S/c1-2-25-10-13-19-20-16(26-13)21-9-12(8-14(21)22)15(23)18-11-17(24)6-4-3-5-7-17/h12,24H,2-11H2,1H3,(H,18,23). The van der Waals surface area contributed by atoms with Crippen LogP contribution in [0.1, 0.15) is 50.5 Å². The van der Waals surface area contributed by atoms with Crippen molar-refractivity contribution in [1.29, 1.82) is 0 Å². The van der Waals surface area contributed by atoms with Crippen LogP contribution < -0.4 is 10.2 Å². The van der Waals surface area contributed by atoms with Crippen LogP contribution in [0.15, 0.2) is 0 Å². The summed E-state index contributed by atoms with van der Waals surface area (Å²) in [7, 11) is 0. The molecule has 26 heavy (non-hydrogen) atoms. The number of carbonyl (C=O) groups excluding carboxylic acids is 2. The lowest BCUT2D eigenvalue weighted by Gasteiger charge is -2.32. The first kappa shape index (κ1) is 19.2. The number of hydrogen-bond acceptors (Lipinski definition) is 7. The minimum atomic E-state index is -0.802. The van der Waals surface area contributed by atoms with Crippen LogP contribution >= 0.6 is 11.3 Å². The third-order valence-corrected chi connectivity index (χ3v) is 5.91. The van der Waals surface area contributed by atoms with E-state index in [1.54, 1.807) is 0 Å². The molecule has 1 saturated carbocycles.